The molecule has 3 rings (SSSR count). The zero-order valence-corrected chi connectivity index (χ0v) is 17.2. The SMILES string of the molecule is CC(=O)Nc1ccc(-c2nc(SCc3csc(C)n3)nc(N)c2C#N)cc1C. The Morgan fingerprint density at radius 3 is 2.71 bits per heavy atom. The van der Waals surface area contributed by atoms with E-state index in [-0.39, 0.29) is 17.3 Å². The quantitative estimate of drug-likeness (QED) is 0.483. The Morgan fingerprint density at radius 1 is 1.32 bits per heavy atom. The van der Waals surface area contributed by atoms with Crippen molar-refractivity contribution in [3.63, 3.8) is 0 Å². The van der Waals surface area contributed by atoms with E-state index in [1.54, 1.807) is 23.5 Å². The van der Waals surface area contributed by atoms with Crippen LogP contribution < -0.4 is 11.1 Å². The van der Waals surface area contributed by atoms with Gasteiger partial charge in [0.05, 0.1) is 16.4 Å². The number of nitriles is 1. The van der Waals surface area contributed by atoms with Crippen molar-refractivity contribution in [1.82, 2.24) is 15.0 Å². The average Bonchev–Trinajstić information content (AvgIpc) is 3.06. The number of hydrogen-bond acceptors (Lipinski definition) is 8. The molecule has 7 nitrogen and oxygen atoms in total. The van der Waals surface area contributed by atoms with Crippen LogP contribution in [0.2, 0.25) is 0 Å². The molecule has 0 saturated carbocycles. The number of thiazole rings is 1. The maximum absolute atomic E-state index is 11.3. The molecule has 0 saturated heterocycles. The van der Waals surface area contributed by atoms with E-state index < -0.39 is 0 Å². The molecule has 0 fully saturated rings. The fraction of sp³-hybridized carbons (Fsp3) is 0.211. The highest BCUT2D eigenvalue weighted by Crippen LogP contribution is 2.31. The summed E-state index contributed by atoms with van der Waals surface area (Å²) in [5.74, 6) is 0.624. The Kier molecular flexibility index (Phi) is 5.92. The minimum Gasteiger partial charge on any atom is -0.382 e. The van der Waals surface area contributed by atoms with Crippen LogP contribution in [0.25, 0.3) is 11.3 Å². The van der Waals surface area contributed by atoms with Crippen molar-refractivity contribution in [3.8, 4) is 17.3 Å². The van der Waals surface area contributed by atoms with Crippen molar-refractivity contribution in [2.24, 2.45) is 0 Å². The highest BCUT2D eigenvalue weighted by molar-refractivity contribution is 7.98. The number of nitrogens with zero attached hydrogens (tertiary/aromatic N) is 4. The zero-order valence-electron chi connectivity index (χ0n) is 15.6. The molecule has 0 aliphatic rings. The van der Waals surface area contributed by atoms with E-state index >= 15 is 0 Å². The molecule has 0 radical (unpaired) electrons. The van der Waals surface area contributed by atoms with Crippen molar-refractivity contribution in [3.05, 3.63) is 45.4 Å². The highest BCUT2D eigenvalue weighted by atomic mass is 32.2. The standard InChI is InChI=1S/C19H18N6OS2/c1-10-6-13(4-5-16(10)22-11(2)26)17-15(7-20)18(21)25-19(24-17)28-9-14-8-27-12(3)23-14/h4-6,8H,9H2,1-3H3,(H,22,26)(H2,21,24,25). The third-order valence-electron chi connectivity index (χ3n) is 3.85. The molecule has 0 aliphatic heterocycles. The largest absolute Gasteiger partial charge is 0.382 e. The molecular weight excluding hydrogens is 392 g/mol. The van der Waals surface area contributed by atoms with Crippen molar-refractivity contribution in [2.75, 3.05) is 11.1 Å². The maximum Gasteiger partial charge on any atom is 0.221 e. The van der Waals surface area contributed by atoms with Crippen molar-refractivity contribution >= 4 is 40.5 Å². The van der Waals surface area contributed by atoms with Crippen LogP contribution in [0.3, 0.4) is 0 Å². The number of anilines is 2. The van der Waals surface area contributed by atoms with Gasteiger partial charge < -0.3 is 11.1 Å². The molecule has 0 atom stereocenters. The molecule has 3 N–H and O–H groups in total. The molecule has 0 spiro atoms. The van der Waals surface area contributed by atoms with Gasteiger partial charge in [0.2, 0.25) is 5.91 Å². The summed E-state index contributed by atoms with van der Waals surface area (Å²) in [4.78, 5) is 24.6. The van der Waals surface area contributed by atoms with Crippen LogP contribution in [0.5, 0.6) is 0 Å². The van der Waals surface area contributed by atoms with E-state index in [4.69, 9.17) is 5.73 Å². The lowest BCUT2D eigenvalue weighted by Gasteiger charge is -2.11. The lowest BCUT2D eigenvalue weighted by atomic mass is 10.0. The van der Waals surface area contributed by atoms with E-state index in [1.165, 1.54) is 18.7 Å². The zero-order chi connectivity index (χ0) is 20.3. The van der Waals surface area contributed by atoms with E-state index in [1.807, 2.05) is 25.3 Å². The Morgan fingerprint density at radius 2 is 2.11 bits per heavy atom. The van der Waals surface area contributed by atoms with Gasteiger partial charge in [-0.25, -0.2) is 15.0 Å². The van der Waals surface area contributed by atoms with Crippen molar-refractivity contribution < 1.29 is 4.79 Å². The van der Waals surface area contributed by atoms with Crippen LogP contribution in [0, 0.1) is 25.2 Å². The van der Waals surface area contributed by atoms with Crippen molar-refractivity contribution in [2.45, 2.75) is 31.7 Å². The maximum atomic E-state index is 11.3. The third-order valence-corrected chi connectivity index (χ3v) is 5.56. The normalized spacial score (nSPS) is 10.5. The minimum absolute atomic E-state index is 0.143. The second-order valence-electron chi connectivity index (χ2n) is 6.08. The monoisotopic (exact) mass is 410 g/mol. The number of benzene rings is 1. The summed E-state index contributed by atoms with van der Waals surface area (Å²) in [6, 6.07) is 7.55. The Bertz CT molecular complexity index is 1090. The second kappa shape index (κ2) is 8.37. The molecule has 28 heavy (non-hydrogen) atoms. The number of aromatic nitrogens is 3. The molecule has 1 amide bonds. The molecule has 9 heteroatoms. The Labute approximate surface area is 171 Å². The van der Waals surface area contributed by atoms with Crippen LogP contribution >= 0.6 is 23.1 Å². The number of aryl methyl sites for hydroxylation is 2. The van der Waals surface area contributed by atoms with E-state index in [9.17, 15) is 10.1 Å². The first-order chi connectivity index (χ1) is 13.4. The van der Waals surface area contributed by atoms with Gasteiger partial charge >= 0.3 is 0 Å². The molecule has 1 aromatic carbocycles. The van der Waals surface area contributed by atoms with Gasteiger partial charge in [0.1, 0.15) is 17.5 Å². The predicted molar refractivity (Wildman–Crippen MR) is 112 cm³/mol. The van der Waals surface area contributed by atoms with Crippen molar-refractivity contribution in [1.29, 1.82) is 5.26 Å². The molecular formula is C19H18N6OS2. The summed E-state index contributed by atoms with van der Waals surface area (Å²) >= 11 is 3.01. The number of nitrogens with one attached hydrogen (secondary N) is 1. The van der Waals surface area contributed by atoms with Gasteiger partial charge in [-0.2, -0.15) is 5.26 Å². The number of nitrogen functional groups attached to an aromatic ring is 1. The van der Waals surface area contributed by atoms with Gasteiger partial charge in [0.15, 0.2) is 5.16 Å². The molecule has 2 heterocycles. The second-order valence-corrected chi connectivity index (χ2v) is 8.09. The first kappa shape index (κ1) is 19.8. The fourth-order valence-electron chi connectivity index (χ4n) is 2.59. The topological polar surface area (TPSA) is 118 Å². The van der Waals surface area contributed by atoms with E-state index in [0.29, 0.717) is 22.3 Å². The summed E-state index contributed by atoms with van der Waals surface area (Å²) in [5.41, 5.74) is 10.0. The van der Waals surface area contributed by atoms with Gasteiger partial charge in [0, 0.05) is 29.3 Å². The van der Waals surface area contributed by atoms with Crippen LogP contribution in [0.15, 0.2) is 28.7 Å². The first-order valence-corrected chi connectivity index (χ1v) is 10.2. The first-order valence-electron chi connectivity index (χ1n) is 8.37. The van der Waals surface area contributed by atoms with Gasteiger partial charge in [-0.05, 0) is 31.5 Å². The number of rotatable bonds is 5. The summed E-state index contributed by atoms with van der Waals surface area (Å²) in [5, 5.41) is 15.8. The van der Waals surface area contributed by atoms with Gasteiger partial charge in [0.25, 0.3) is 0 Å². The molecule has 3 aromatic rings. The van der Waals surface area contributed by atoms with Crippen LogP contribution in [-0.2, 0) is 10.5 Å². The van der Waals surface area contributed by atoms with Crippen LogP contribution in [0.1, 0.15) is 28.8 Å². The predicted octanol–water partition coefficient (Wildman–Crippen LogP) is 3.92. The van der Waals surface area contributed by atoms with Crippen LogP contribution in [-0.4, -0.2) is 20.9 Å². The molecule has 0 unspecified atom stereocenters. The third kappa shape index (κ3) is 4.47. The lowest BCUT2D eigenvalue weighted by molar-refractivity contribution is -0.114. The fourth-order valence-corrected chi connectivity index (χ4v) is 4.06. The average molecular weight is 411 g/mol. The summed E-state index contributed by atoms with van der Waals surface area (Å²) in [6.07, 6.45) is 0. The number of amides is 1. The van der Waals surface area contributed by atoms with Crippen LogP contribution in [0.4, 0.5) is 11.5 Å². The summed E-state index contributed by atoms with van der Waals surface area (Å²) < 4.78 is 0. The number of thioether (sulfide) groups is 1. The Hall–Kier alpha value is -2.96. The number of hydrogen-bond donors (Lipinski definition) is 2. The number of carbonyl (C=O) groups is 1. The van der Waals surface area contributed by atoms with E-state index in [0.717, 1.165) is 21.8 Å². The lowest BCUT2D eigenvalue weighted by Crippen LogP contribution is -2.07. The molecule has 142 valence electrons. The molecule has 0 aliphatic carbocycles. The molecule has 2 aromatic heterocycles. The van der Waals surface area contributed by atoms with Gasteiger partial charge in [-0.15, -0.1) is 11.3 Å². The Balaban J connectivity index is 1.95. The summed E-state index contributed by atoms with van der Waals surface area (Å²) in [6.45, 7) is 5.30. The smallest absolute Gasteiger partial charge is 0.221 e. The highest BCUT2D eigenvalue weighted by Gasteiger charge is 2.16. The van der Waals surface area contributed by atoms with E-state index in [2.05, 4.69) is 26.3 Å². The molecule has 0 bridgehead atoms. The minimum atomic E-state index is -0.143. The summed E-state index contributed by atoms with van der Waals surface area (Å²) in [7, 11) is 0. The van der Waals surface area contributed by atoms with Gasteiger partial charge in [-0.3, -0.25) is 4.79 Å². The number of carbonyl (C=O) groups excluding carboxylic acids is 1. The van der Waals surface area contributed by atoms with Gasteiger partial charge in [-0.1, -0.05) is 17.8 Å². The number of nitrogens with two attached hydrogens (primary N) is 1.